The number of ether oxygens (including phenoxy) is 1. The Morgan fingerprint density at radius 3 is 2.38 bits per heavy atom. The number of nitrogens with one attached hydrogen (secondary N) is 1. The summed E-state index contributed by atoms with van der Waals surface area (Å²) in [6.07, 6.45) is 0. The van der Waals surface area contributed by atoms with Crippen LogP contribution in [0.4, 0.5) is 18.9 Å². The molecule has 112 valence electrons. The lowest BCUT2D eigenvalue weighted by Gasteiger charge is -2.17. The molecule has 0 amide bonds. The van der Waals surface area contributed by atoms with Gasteiger partial charge in [-0.25, -0.2) is 4.39 Å². The van der Waals surface area contributed by atoms with Crippen LogP contribution in [0.25, 0.3) is 0 Å². The molecule has 2 rings (SSSR count). The van der Waals surface area contributed by atoms with Crippen LogP contribution in [0.1, 0.15) is 18.5 Å². The first-order valence-corrected chi connectivity index (χ1v) is 6.60. The Balaban J connectivity index is 2.09. The lowest BCUT2D eigenvalue weighted by Crippen LogP contribution is -2.08. The van der Waals surface area contributed by atoms with Crippen LogP contribution in [-0.4, -0.2) is 6.61 Å². The normalized spacial score (nSPS) is 12.3. The second kappa shape index (κ2) is 6.72. The summed E-state index contributed by atoms with van der Waals surface area (Å²) in [5.74, 6) is -0.446. The van der Waals surface area contributed by atoms with E-state index in [2.05, 4.69) is 10.1 Å². The standard InChI is InChI=1S/C15H13ClF3NO/c1-9(20-13-4-2-3-12(16)14(13)17)10-5-7-11(8-6-10)21-15(18)19/h2-9,15,20H,1H3. The van der Waals surface area contributed by atoms with Crippen molar-refractivity contribution >= 4 is 17.3 Å². The maximum absolute atomic E-state index is 13.8. The van der Waals surface area contributed by atoms with E-state index in [0.29, 0.717) is 0 Å². The van der Waals surface area contributed by atoms with Gasteiger partial charge in [0, 0.05) is 6.04 Å². The Hall–Kier alpha value is -1.88. The van der Waals surface area contributed by atoms with Crippen molar-refractivity contribution in [2.24, 2.45) is 0 Å². The predicted molar refractivity (Wildman–Crippen MR) is 76.5 cm³/mol. The van der Waals surface area contributed by atoms with E-state index >= 15 is 0 Å². The van der Waals surface area contributed by atoms with Crippen molar-refractivity contribution in [2.45, 2.75) is 19.6 Å². The Labute approximate surface area is 125 Å². The summed E-state index contributed by atoms with van der Waals surface area (Å²) < 4.78 is 42.2. The predicted octanol–water partition coefficient (Wildman–Crippen LogP) is 5.25. The maximum Gasteiger partial charge on any atom is 0.387 e. The number of hydrogen-bond donors (Lipinski definition) is 1. The zero-order valence-electron chi connectivity index (χ0n) is 11.1. The van der Waals surface area contributed by atoms with Crippen LogP contribution in [0.15, 0.2) is 42.5 Å². The molecule has 0 radical (unpaired) electrons. The summed E-state index contributed by atoms with van der Waals surface area (Å²) in [7, 11) is 0. The summed E-state index contributed by atoms with van der Waals surface area (Å²) in [6, 6.07) is 10.6. The number of rotatable bonds is 5. The monoisotopic (exact) mass is 315 g/mol. The highest BCUT2D eigenvalue weighted by molar-refractivity contribution is 6.31. The molecule has 2 nitrogen and oxygen atoms in total. The van der Waals surface area contributed by atoms with Crippen molar-refractivity contribution in [3.63, 3.8) is 0 Å². The molecule has 1 N–H and O–H groups in total. The molecule has 0 saturated carbocycles. The summed E-state index contributed by atoms with van der Waals surface area (Å²) in [4.78, 5) is 0. The van der Waals surface area contributed by atoms with E-state index < -0.39 is 12.4 Å². The van der Waals surface area contributed by atoms with E-state index in [1.807, 2.05) is 6.92 Å². The number of hydrogen-bond acceptors (Lipinski definition) is 2. The van der Waals surface area contributed by atoms with E-state index in [9.17, 15) is 13.2 Å². The third-order valence-electron chi connectivity index (χ3n) is 2.93. The van der Waals surface area contributed by atoms with Gasteiger partial charge >= 0.3 is 6.61 Å². The van der Waals surface area contributed by atoms with Gasteiger partial charge in [0.25, 0.3) is 0 Å². The van der Waals surface area contributed by atoms with Crippen molar-refractivity contribution in [1.29, 1.82) is 0 Å². The highest BCUT2D eigenvalue weighted by Crippen LogP contribution is 2.27. The molecule has 0 bridgehead atoms. The van der Waals surface area contributed by atoms with E-state index in [1.165, 1.54) is 18.2 Å². The lowest BCUT2D eigenvalue weighted by atomic mass is 10.1. The van der Waals surface area contributed by atoms with E-state index in [0.717, 1.165) is 5.56 Å². The molecule has 1 unspecified atom stereocenters. The molecule has 0 aromatic heterocycles. The van der Waals surface area contributed by atoms with Crippen LogP contribution >= 0.6 is 11.6 Å². The van der Waals surface area contributed by atoms with Gasteiger partial charge in [-0.05, 0) is 36.8 Å². The van der Waals surface area contributed by atoms with Gasteiger partial charge in [0.2, 0.25) is 0 Å². The van der Waals surface area contributed by atoms with Gasteiger partial charge in [0.1, 0.15) is 5.75 Å². The molecule has 0 spiro atoms. The molecule has 6 heteroatoms. The maximum atomic E-state index is 13.8. The van der Waals surface area contributed by atoms with Crippen LogP contribution in [0.2, 0.25) is 5.02 Å². The van der Waals surface area contributed by atoms with Gasteiger partial charge in [0.05, 0.1) is 10.7 Å². The van der Waals surface area contributed by atoms with Crippen LogP contribution in [0.3, 0.4) is 0 Å². The molecule has 2 aromatic carbocycles. The number of halogens is 4. The second-order valence-electron chi connectivity index (χ2n) is 4.41. The van der Waals surface area contributed by atoms with Crippen molar-refractivity contribution in [2.75, 3.05) is 5.32 Å². The van der Waals surface area contributed by atoms with E-state index in [4.69, 9.17) is 11.6 Å². The molecule has 0 aliphatic carbocycles. The minimum Gasteiger partial charge on any atom is -0.435 e. The molecule has 21 heavy (non-hydrogen) atoms. The SMILES string of the molecule is CC(Nc1cccc(Cl)c1F)c1ccc(OC(F)F)cc1. The highest BCUT2D eigenvalue weighted by Gasteiger charge is 2.11. The first-order valence-electron chi connectivity index (χ1n) is 6.22. The van der Waals surface area contributed by atoms with Crippen molar-refractivity contribution in [1.82, 2.24) is 0 Å². The summed E-state index contributed by atoms with van der Waals surface area (Å²) in [5, 5.41) is 3.01. The van der Waals surface area contributed by atoms with Crippen LogP contribution < -0.4 is 10.1 Å². The Bertz CT molecular complexity index is 604. The van der Waals surface area contributed by atoms with E-state index in [1.54, 1.807) is 24.3 Å². The van der Waals surface area contributed by atoms with Gasteiger partial charge in [-0.2, -0.15) is 8.78 Å². The van der Waals surface area contributed by atoms with Gasteiger partial charge < -0.3 is 10.1 Å². The fraction of sp³-hybridized carbons (Fsp3) is 0.200. The largest absolute Gasteiger partial charge is 0.435 e. The average Bonchev–Trinajstić information content (AvgIpc) is 2.44. The third-order valence-corrected chi connectivity index (χ3v) is 3.22. The summed E-state index contributed by atoms with van der Waals surface area (Å²) in [5.41, 5.74) is 1.08. The fourth-order valence-corrected chi connectivity index (χ4v) is 2.04. The van der Waals surface area contributed by atoms with Crippen molar-refractivity contribution in [3.8, 4) is 5.75 Å². The zero-order chi connectivity index (χ0) is 15.4. The number of benzene rings is 2. The van der Waals surface area contributed by atoms with Crippen LogP contribution in [-0.2, 0) is 0 Å². The topological polar surface area (TPSA) is 21.3 Å². The molecule has 0 aliphatic heterocycles. The lowest BCUT2D eigenvalue weighted by molar-refractivity contribution is -0.0498. The molecule has 1 atom stereocenters. The quantitative estimate of drug-likeness (QED) is 0.813. The van der Waals surface area contributed by atoms with Gasteiger partial charge in [-0.3, -0.25) is 0 Å². The smallest absolute Gasteiger partial charge is 0.387 e. The van der Waals surface area contributed by atoms with Crippen molar-refractivity contribution < 1.29 is 17.9 Å². The minimum atomic E-state index is -2.85. The molecule has 0 saturated heterocycles. The van der Waals surface area contributed by atoms with E-state index in [-0.39, 0.29) is 22.5 Å². The minimum absolute atomic E-state index is 0.0351. The number of anilines is 1. The molecule has 0 heterocycles. The number of alkyl halides is 2. The van der Waals surface area contributed by atoms with Gasteiger partial charge in [-0.1, -0.05) is 29.8 Å². The van der Waals surface area contributed by atoms with Crippen LogP contribution in [0, 0.1) is 5.82 Å². The Kier molecular flexibility index (Phi) is 4.96. The highest BCUT2D eigenvalue weighted by atomic mass is 35.5. The first kappa shape index (κ1) is 15.5. The summed E-state index contributed by atoms with van der Waals surface area (Å²) in [6.45, 7) is -1.03. The fourth-order valence-electron chi connectivity index (χ4n) is 1.87. The Morgan fingerprint density at radius 1 is 1.10 bits per heavy atom. The third kappa shape index (κ3) is 4.04. The molecular formula is C15H13ClF3NO. The summed E-state index contributed by atoms with van der Waals surface area (Å²) >= 11 is 5.71. The average molecular weight is 316 g/mol. The molecular weight excluding hydrogens is 303 g/mol. The Morgan fingerprint density at radius 2 is 1.76 bits per heavy atom. The second-order valence-corrected chi connectivity index (χ2v) is 4.82. The molecule has 2 aromatic rings. The zero-order valence-corrected chi connectivity index (χ0v) is 11.9. The molecule has 0 aliphatic rings. The van der Waals surface area contributed by atoms with Crippen molar-refractivity contribution in [3.05, 3.63) is 58.9 Å². The van der Waals surface area contributed by atoms with Gasteiger partial charge in [0.15, 0.2) is 5.82 Å². The first-order chi connectivity index (χ1) is 9.97. The van der Waals surface area contributed by atoms with Gasteiger partial charge in [-0.15, -0.1) is 0 Å². The molecule has 0 fully saturated rings. The van der Waals surface area contributed by atoms with Crippen LogP contribution in [0.5, 0.6) is 5.75 Å².